The zero-order chi connectivity index (χ0) is 17.4. The predicted molar refractivity (Wildman–Crippen MR) is 95.0 cm³/mol. The van der Waals surface area contributed by atoms with Crippen LogP contribution in [0.4, 0.5) is 13.9 Å². The van der Waals surface area contributed by atoms with E-state index >= 15 is 0 Å². The van der Waals surface area contributed by atoms with Crippen LogP contribution in [0.25, 0.3) is 20.9 Å². The number of benzene rings is 2. The van der Waals surface area contributed by atoms with Gasteiger partial charge in [0.25, 0.3) is 5.91 Å². The number of para-hydroxylation sites is 1. The molecule has 0 bridgehead atoms. The number of nitrogens with zero attached hydrogens (tertiary/aromatic N) is 2. The quantitative estimate of drug-likeness (QED) is 0.553. The SMILES string of the molecule is O=C(Nc1nc(-c2nc3ccccc3s2)cs1)c1c(F)cccc1F. The van der Waals surface area contributed by atoms with E-state index in [9.17, 15) is 13.6 Å². The standard InChI is InChI=1S/C17H9F2N3OS2/c18-9-4-3-5-10(19)14(9)15(23)22-17-21-12(8-24-17)16-20-11-6-1-2-7-13(11)25-16/h1-8H,(H,21,22,23). The first-order valence-corrected chi connectivity index (χ1v) is 8.88. The molecular weight excluding hydrogens is 364 g/mol. The van der Waals surface area contributed by atoms with Gasteiger partial charge in [0, 0.05) is 5.38 Å². The lowest BCUT2D eigenvalue weighted by Crippen LogP contribution is -2.15. The summed E-state index contributed by atoms with van der Waals surface area (Å²) in [6.07, 6.45) is 0. The van der Waals surface area contributed by atoms with Crippen molar-refractivity contribution in [2.45, 2.75) is 0 Å². The molecule has 0 unspecified atom stereocenters. The molecule has 0 spiro atoms. The highest BCUT2D eigenvalue weighted by Crippen LogP contribution is 2.32. The molecule has 0 aliphatic carbocycles. The van der Waals surface area contributed by atoms with Crippen LogP contribution >= 0.6 is 22.7 Å². The van der Waals surface area contributed by atoms with Gasteiger partial charge in [0.05, 0.1) is 10.2 Å². The molecule has 0 radical (unpaired) electrons. The molecule has 0 saturated heterocycles. The number of fused-ring (bicyclic) bond motifs is 1. The molecule has 4 rings (SSSR count). The number of carbonyl (C=O) groups excluding carboxylic acids is 1. The number of thiazole rings is 2. The Hall–Kier alpha value is -2.71. The van der Waals surface area contributed by atoms with Crippen molar-refractivity contribution in [1.82, 2.24) is 9.97 Å². The van der Waals surface area contributed by atoms with Gasteiger partial charge in [-0.15, -0.1) is 22.7 Å². The van der Waals surface area contributed by atoms with E-state index in [-0.39, 0.29) is 5.13 Å². The largest absolute Gasteiger partial charge is 0.298 e. The van der Waals surface area contributed by atoms with E-state index in [2.05, 4.69) is 15.3 Å². The van der Waals surface area contributed by atoms with E-state index in [4.69, 9.17) is 0 Å². The van der Waals surface area contributed by atoms with Crippen molar-refractivity contribution in [2.24, 2.45) is 0 Å². The van der Waals surface area contributed by atoms with Crippen molar-refractivity contribution in [3.63, 3.8) is 0 Å². The molecule has 4 nitrogen and oxygen atoms in total. The van der Waals surface area contributed by atoms with Crippen LogP contribution in [0.3, 0.4) is 0 Å². The summed E-state index contributed by atoms with van der Waals surface area (Å²) in [6.45, 7) is 0. The Morgan fingerprint density at radius 1 is 1.00 bits per heavy atom. The van der Waals surface area contributed by atoms with Crippen molar-refractivity contribution >= 4 is 43.9 Å². The normalized spacial score (nSPS) is 11.0. The van der Waals surface area contributed by atoms with Gasteiger partial charge in [-0.05, 0) is 24.3 Å². The fourth-order valence-corrected chi connectivity index (χ4v) is 3.98. The third kappa shape index (κ3) is 3.01. The highest BCUT2D eigenvalue weighted by molar-refractivity contribution is 7.22. The maximum atomic E-state index is 13.7. The molecule has 0 fully saturated rings. The smallest absolute Gasteiger partial charge is 0.263 e. The van der Waals surface area contributed by atoms with Gasteiger partial charge in [-0.2, -0.15) is 0 Å². The number of amides is 1. The molecule has 0 atom stereocenters. The number of anilines is 1. The second-order valence-electron chi connectivity index (χ2n) is 5.08. The lowest BCUT2D eigenvalue weighted by molar-refractivity contribution is 0.101. The van der Waals surface area contributed by atoms with Gasteiger partial charge in [-0.25, -0.2) is 18.7 Å². The summed E-state index contributed by atoms with van der Waals surface area (Å²) in [7, 11) is 0. The van der Waals surface area contributed by atoms with E-state index in [1.54, 1.807) is 5.38 Å². The van der Waals surface area contributed by atoms with Crippen LogP contribution in [-0.2, 0) is 0 Å². The second kappa shape index (κ2) is 6.30. The topological polar surface area (TPSA) is 54.9 Å². The number of carbonyl (C=O) groups is 1. The van der Waals surface area contributed by atoms with Crippen LogP contribution in [0.15, 0.2) is 47.8 Å². The Morgan fingerprint density at radius 2 is 1.76 bits per heavy atom. The summed E-state index contributed by atoms with van der Waals surface area (Å²) in [5.74, 6) is -2.71. The number of halogens is 2. The van der Waals surface area contributed by atoms with Crippen LogP contribution in [0.1, 0.15) is 10.4 Å². The molecule has 124 valence electrons. The van der Waals surface area contributed by atoms with Gasteiger partial charge in [0.15, 0.2) is 5.13 Å². The van der Waals surface area contributed by atoms with Crippen LogP contribution in [0.2, 0.25) is 0 Å². The Balaban J connectivity index is 1.60. The number of hydrogen-bond acceptors (Lipinski definition) is 5. The van der Waals surface area contributed by atoms with Gasteiger partial charge in [-0.3, -0.25) is 10.1 Å². The molecule has 0 aliphatic rings. The molecule has 1 N–H and O–H groups in total. The fraction of sp³-hybridized carbons (Fsp3) is 0. The van der Waals surface area contributed by atoms with E-state index in [1.807, 2.05) is 24.3 Å². The van der Waals surface area contributed by atoms with E-state index in [1.165, 1.54) is 28.7 Å². The van der Waals surface area contributed by atoms with Crippen LogP contribution < -0.4 is 5.32 Å². The van der Waals surface area contributed by atoms with E-state index < -0.39 is 23.1 Å². The van der Waals surface area contributed by atoms with Gasteiger partial charge in [-0.1, -0.05) is 18.2 Å². The summed E-state index contributed by atoms with van der Waals surface area (Å²) >= 11 is 2.65. The van der Waals surface area contributed by atoms with Crippen LogP contribution in [0, 0.1) is 11.6 Å². The highest BCUT2D eigenvalue weighted by Gasteiger charge is 2.19. The molecule has 0 aliphatic heterocycles. The zero-order valence-corrected chi connectivity index (χ0v) is 14.1. The molecule has 0 saturated carbocycles. The Labute approximate surface area is 148 Å². The first-order chi connectivity index (χ1) is 12.1. The molecule has 8 heteroatoms. The van der Waals surface area contributed by atoms with Crippen molar-refractivity contribution in [3.8, 4) is 10.7 Å². The molecule has 2 heterocycles. The van der Waals surface area contributed by atoms with Crippen LogP contribution in [0.5, 0.6) is 0 Å². The molecule has 4 aromatic rings. The summed E-state index contributed by atoms with van der Waals surface area (Å²) < 4.78 is 28.4. The Bertz CT molecular complexity index is 1040. The highest BCUT2D eigenvalue weighted by atomic mass is 32.1. The zero-order valence-electron chi connectivity index (χ0n) is 12.5. The van der Waals surface area contributed by atoms with Crippen LogP contribution in [-0.4, -0.2) is 15.9 Å². The third-order valence-electron chi connectivity index (χ3n) is 3.43. The fourth-order valence-electron chi connectivity index (χ4n) is 2.29. The van der Waals surface area contributed by atoms with Gasteiger partial charge < -0.3 is 0 Å². The number of rotatable bonds is 3. The summed E-state index contributed by atoms with van der Waals surface area (Å²) in [5, 5.41) is 5.14. The minimum absolute atomic E-state index is 0.252. The molecule has 2 aromatic heterocycles. The lowest BCUT2D eigenvalue weighted by atomic mass is 10.2. The van der Waals surface area contributed by atoms with Crippen molar-refractivity contribution in [2.75, 3.05) is 5.32 Å². The average Bonchev–Trinajstić information content (AvgIpc) is 3.20. The summed E-state index contributed by atoms with van der Waals surface area (Å²) in [4.78, 5) is 20.9. The van der Waals surface area contributed by atoms with Crippen molar-refractivity contribution in [1.29, 1.82) is 0 Å². The van der Waals surface area contributed by atoms with Crippen molar-refractivity contribution < 1.29 is 13.6 Å². The minimum atomic E-state index is -0.916. The van der Waals surface area contributed by atoms with Gasteiger partial charge in [0.1, 0.15) is 27.9 Å². The monoisotopic (exact) mass is 373 g/mol. The molecule has 2 aromatic carbocycles. The maximum Gasteiger partial charge on any atom is 0.263 e. The van der Waals surface area contributed by atoms with E-state index in [0.29, 0.717) is 5.69 Å². The first kappa shape index (κ1) is 15.8. The number of nitrogens with one attached hydrogen (secondary N) is 1. The van der Waals surface area contributed by atoms with Crippen molar-refractivity contribution in [3.05, 3.63) is 65.0 Å². The van der Waals surface area contributed by atoms with Gasteiger partial charge >= 0.3 is 0 Å². The number of hydrogen-bond donors (Lipinski definition) is 1. The average molecular weight is 373 g/mol. The summed E-state index contributed by atoms with van der Waals surface area (Å²) in [5.41, 5.74) is 0.851. The minimum Gasteiger partial charge on any atom is -0.298 e. The van der Waals surface area contributed by atoms with E-state index in [0.717, 1.165) is 27.4 Å². The number of aromatic nitrogens is 2. The summed E-state index contributed by atoms with van der Waals surface area (Å²) in [6, 6.07) is 11.0. The van der Waals surface area contributed by atoms with Gasteiger partial charge in [0.2, 0.25) is 0 Å². The Morgan fingerprint density at radius 3 is 2.52 bits per heavy atom. The second-order valence-corrected chi connectivity index (χ2v) is 6.96. The molecule has 1 amide bonds. The maximum absolute atomic E-state index is 13.7. The Kier molecular flexibility index (Phi) is 3.98. The lowest BCUT2D eigenvalue weighted by Gasteiger charge is -2.04. The first-order valence-electron chi connectivity index (χ1n) is 7.18. The molecule has 25 heavy (non-hydrogen) atoms. The third-order valence-corrected chi connectivity index (χ3v) is 5.24. The predicted octanol–water partition coefficient (Wildman–Crippen LogP) is 4.95. The molecular formula is C17H9F2N3OS2.